The third-order valence-corrected chi connectivity index (χ3v) is 7.54. The minimum Gasteiger partial charge on any atom is -0.488 e. The zero-order valence-corrected chi connectivity index (χ0v) is 21.4. The fourth-order valence-corrected chi connectivity index (χ4v) is 5.60. The molecule has 0 bridgehead atoms. The van der Waals surface area contributed by atoms with Gasteiger partial charge in [0.05, 0.1) is 0 Å². The second-order valence-corrected chi connectivity index (χ2v) is 10.8. The van der Waals surface area contributed by atoms with Crippen molar-refractivity contribution in [3.8, 4) is 5.75 Å². The summed E-state index contributed by atoms with van der Waals surface area (Å²) in [5.74, 6) is 2.16. The average Bonchev–Trinajstić information content (AvgIpc) is 2.84. The van der Waals surface area contributed by atoms with Crippen LogP contribution in [0, 0.1) is 11.8 Å². The summed E-state index contributed by atoms with van der Waals surface area (Å²) < 4.78 is 6.57. The lowest BCUT2D eigenvalue weighted by molar-refractivity contribution is -0.126. The molecule has 1 saturated heterocycles. The van der Waals surface area contributed by atoms with E-state index in [2.05, 4.69) is 40.3 Å². The number of benzene rings is 1. The summed E-state index contributed by atoms with van der Waals surface area (Å²) in [6.07, 6.45) is 12.2. The van der Waals surface area contributed by atoms with E-state index < -0.39 is 0 Å². The summed E-state index contributed by atoms with van der Waals surface area (Å²) in [4.78, 5) is 19.6. The number of rotatable bonds is 9. The van der Waals surface area contributed by atoms with Gasteiger partial charge >= 0.3 is 0 Å². The summed E-state index contributed by atoms with van der Waals surface area (Å²) >= 11 is 0. The first-order valence-corrected chi connectivity index (χ1v) is 13.6. The standard InChI is InChI=1S/C29H43N3O2/c1-4-5-7-23-18-25-8-6-15-30-28(25)27(19-23)34-26-13-16-32(17-14-26)20-22-9-11-24(12-10-22)29(33)31-21(2)3/h6,8,15,18-19,21-22,24,26H,4-5,7,9-14,16-17,20H2,1-3H3,(H,31,33). The first-order chi connectivity index (χ1) is 16.5. The molecule has 186 valence electrons. The maximum absolute atomic E-state index is 12.3. The number of likely N-dealkylation sites (tertiary alicyclic amines) is 1. The van der Waals surface area contributed by atoms with Gasteiger partial charge in [-0.1, -0.05) is 19.4 Å². The zero-order valence-electron chi connectivity index (χ0n) is 21.4. The predicted molar refractivity (Wildman–Crippen MR) is 139 cm³/mol. The fourth-order valence-electron chi connectivity index (χ4n) is 5.60. The molecular formula is C29H43N3O2. The van der Waals surface area contributed by atoms with Crippen molar-refractivity contribution in [3.05, 3.63) is 36.0 Å². The minimum absolute atomic E-state index is 0.217. The van der Waals surface area contributed by atoms with Crippen LogP contribution in [-0.4, -0.2) is 47.6 Å². The van der Waals surface area contributed by atoms with Gasteiger partial charge in [-0.3, -0.25) is 9.78 Å². The number of carbonyl (C=O) groups is 1. The van der Waals surface area contributed by atoms with Gasteiger partial charge in [0.1, 0.15) is 17.4 Å². The van der Waals surface area contributed by atoms with Gasteiger partial charge in [0, 0.05) is 43.2 Å². The van der Waals surface area contributed by atoms with E-state index in [1.165, 1.54) is 43.2 Å². The van der Waals surface area contributed by atoms with Gasteiger partial charge in [-0.05, 0) is 94.9 Å². The van der Waals surface area contributed by atoms with Crippen LogP contribution >= 0.6 is 0 Å². The van der Waals surface area contributed by atoms with Crippen molar-refractivity contribution in [2.24, 2.45) is 11.8 Å². The van der Waals surface area contributed by atoms with E-state index in [4.69, 9.17) is 4.74 Å². The Morgan fingerprint density at radius 1 is 1.15 bits per heavy atom. The molecule has 1 amide bonds. The Labute approximate surface area is 205 Å². The van der Waals surface area contributed by atoms with Crippen LogP contribution in [0.25, 0.3) is 10.9 Å². The zero-order chi connectivity index (χ0) is 23.9. The second-order valence-electron chi connectivity index (χ2n) is 10.8. The van der Waals surface area contributed by atoms with Gasteiger partial charge in [-0.25, -0.2) is 0 Å². The fraction of sp³-hybridized carbons (Fsp3) is 0.655. The highest BCUT2D eigenvalue weighted by Crippen LogP contribution is 2.32. The number of piperidine rings is 1. The molecule has 0 unspecified atom stereocenters. The first kappa shape index (κ1) is 25.0. The molecule has 0 radical (unpaired) electrons. The van der Waals surface area contributed by atoms with E-state index in [0.717, 1.165) is 62.4 Å². The first-order valence-electron chi connectivity index (χ1n) is 13.6. The molecule has 5 nitrogen and oxygen atoms in total. The van der Waals surface area contributed by atoms with Gasteiger partial charge in [-0.2, -0.15) is 0 Å². The molecule has 2 aromatic rings. The van der Waals surface area contributed by atoms with E-state index in [-0.39, 0.29) is 24.0 Å². The van der Waals surface area contributed by atoms with E-state index >= 15 is 0 Å². The SMILES string of the molecule is CCCCc1cc(OC2CCN(CC3CCC(C(=O)NC(C)C)CC3)CC2)c2ncccc2c1. The van der Waals surface area contributed by atoms with Crippen molar-refractivity contribution in [3.63, 3.8) is 0 Å². The maximum atomic E-state index is 12.3. The second kappa shape index (κ2) is 12.0. The molecule has 2 aliphatic rings. The van der Waals surface area contributed by atoms with Crippen LogP contribution < -0.4 is 10.1 Å². The van der Waals surface area contributed by atoms with Crippen molar-refractivity contribution >= 4 is 16.8 Å². The molecule has 34 heavy (non-hydrogen) atoms. The van der Waals surface area contributed by atoms with Crippen LogP contribution in [-0.2, 0) is 11.2 Å². The van der Waals surface area contributed by atoms with E-state index in [1.807, 2.05) is 26.1 Å². The monoisotopic (exact) mass is 465 g/mol. The number of nitrogens with zero attached hydrogens (tertiary/aromatic N) is 2. The molecule has 1 aromatic heterocycles. The molecule has 1 aromatic carbocycles. The van der Waals surface area contributed by atoms with Gasteiger partial charge in [0.25, 0.3) is 0 Å². The summed E-state index contributed by atoms with van der Waals surface area (Å²) in [7, 11) is 0. The lowest BCUT2D eigenvalue weighted by atomic mass is 9.81. The van der Waals surface area contributed by atoms with Crippen molar-refractivity contribution in [2.45, 2.75) is 90.7 Å². The van der Waals surface area contributed by atoms with Crippen LogP contribution in [0.2, 0.25) is 0 Å². The van der Waals surface area contributed by atoms with Gasteiger partial charge in [0.2, 0.25) is 5.91 Å². The molecule has 0 spiro atoms. The smallest absolute Gasteiger partial charge is 0.223 e. The summed E-state index contributed by atoms with van der Waals surface area (Å²) in [6, 6.07) is 8.90. The van der Waals surface area contributed by atoms with Crippen LogP contribution in [0.1, 0.15) is 77.7 Å². The Balaban J connectivity index is 1.26. The van der Waals surface area contributed by atoms with Gasteiger partial charge in [0.15, 0.2) is 0 Å². The molecule has 1 aliphatic carbocycles. The van der Waals surface area contributed by atoms with Gasteiger partial charge < -0.3 is 15.0 Å². The third kappa shape index (κ3) is 6.71. The number of hydrogen-bond acceptors (Lipinski definition) is 4. The molecule has 1 aliphatic heterocycles. The Kier molecular flexibility index (Phi) is 8.82. The van der Waals surface area contributed by atoms with E-state index in [0.29, 0.717) is 0 Å². The molecular weight excluding hydrogens is 422 g/mol. The van der Waals surface area contributed by atoms with Crippen LogP contribution in [0.3, 0.4) is 0 Å². The van der Waals surface area contributed by atoms with Crippen molar-refractivity contribution in [2.75, 3.05) is 19.6 Å². The van der Waals surface area contributed by atoms with Crippen LogP contribution in [0.5, 0.6) is 5.75 Å². The highest BCUT2D eigenvalue weighted by atomic mass is 16.5. The Morgan fingerprint density at radius 3 is 2.62 bits per heavy atom. The number of aryl methyl sites for hydroxylation is 1. The molecule has 2 fully saturated rings. The highest BCUT2D eigenvalue weighted by Gasteiger charge is 2.29. The van der Waals surface area contributed by atoms with Gasteiger partial charge in [-0.15, -0.1) is 0 Å². The lowest BCUT2D eigenvalue weighted by Gasteiger charge is -2.36. The molecule has 2 heterocycles. The van der Waals surface area contributed by atoms with Crippen molar-refractivity contribution < 1.29 is 9.53 Å². The number of amides is 1. The minimum atomic E-state index is 0.217. The number of aromatic nitrogens is 1. The number of hydrogen-bond donors (Lipinski definition) is 1. The largest absolute Gasteiger partial charge is 0.488 e. The van der Waals surface area contributed by atoms with Crippen LogP contribution in [0.4, 0.5) is 0 Å². The van der Waals surface area contributed by atoms with Crippen molar-refractivity contribution in [1.82, 2.24) is 15.2 Å². The summed E-state index contributed by atoms with van der Waals surface area (Å²) in [6.45, 7) is 9.68. The van der Waals surface area contributed by atoms with E-state index in [1.54, 1.807) is 0 Å². The summed E-state index contributed by atoms with van der Waals surface area (Å²) in [5, 5.41) is 4.27. The maximum Gasteiger partial charge on any atom is 0.223 e. The summed E-state index contributed by atoms with van der Waals surface area (Å²) in [5.41, 5.74) is 2.34. The highest BCUT2D eigenvalue weighted by molar-refractivity contribution is 5.85. The molecule has 1 saturated carbocycles. The molecule has 1 N–H and O–H groups in total. The number of nitrogens with one attached hydrogen (secondary N) is 1. The van der Waals surface area contributed by atoms with E-state index in [9.17, 15) is 4.79 Å². The molecule has 5 heteroatoms. The normalized spacial score (nSPS) is 22.2. The predicted octanol–water partition coefficient (Wildman–Crippen LogP) is 5.75. The number of ether oxygens (including phenoxy) is 1. The Morgan fingerprint density at radius 2 is 1.91 bits per heavy atom. The number of unbranched alkanes of at least 4 members (excludes halogenated alkanes) is 1. The third-order valence-electron chi connectivity index (χ3n) is 7.54. The average molecular weight is 466 g/mol. The lowest BCUT2D eigenvalue weighted by Crippen LogP contribution is -2.42. The quantitative estimate of drug-likeness (QED) is 0.512. The van der Waals surface area contributed by atoms with Crippen LogP contribution in [0.15, 0.2) is 30.5 Å². The Hall–Kier alpha value is -2.14. The topological polar surface area (TPSA) is 54.5 Å². The number of pyridine rings is 1. The molecule has 0 atom stereocenters. The number of carbonyl (C=O) groups excluding carboxylic acids is 1. The molecule has 4 rings (SSSR count). The number of fused-ring (bicyclic) bond motifs is 1. The Bertz CT molecular complexity index is 928. The van der Waals surface area contributed by atoms with Crippen molar-refractivity contribution in [1.29, 1.82) is 0 Å².